The van der Waals surface area contributed by atoms with Gasteiger partial charge >= 0.3 is 11.9 Å². The average Bonchev–Trinajstić information content (AvgIpc) is 2.54. The van der Waals surface area contributed by atoms with Crippen molar-refractivity contribution < 1.29 is 18.0 Å². The molecule has 120 valence electrons. The van der Waals surface area contributed by atoms with Gasteiger partial charge in [-0.25, -0.2) is 9.48 Å². The third-order valence-electron chi connectivity index (χ3n) is 2.63. The number of nitrogens with zero attached hydrogens (tertiary/aromatic N) is 3. The van der Waals surface area contributed by atoms with Gasteiger partial charge in [0, 0.05) is 20.0 Å². The van der Waals surface area contributed by atoms with Gasteiger partial charge in [0.15, 0.2) is 0 Å². The normalized spacial score (nSPS) is 12.5. The summed E-state index contributed by atoms with van der Waals surface area (Å²) in [5.74, 6) is -1.48. The van der Waals surface area contributed by atoms with E-state index >= 15 is 0 Å². The van der Waals surface area contributed by atoms with E-state index in [0.717, 1.165) is 7.05 Å². The minimum absolute atomic E-state index is 0.0448. The van der Waals surface area contributed by atoms with E-state index < -0.39 is 17.7 Å². The third kappa shape index (κ3) is 4.91. The molecule has 6 nitrogen and oxygen atoms in total. The molecule has 0 unspecified atom stereocenters. The Morgan fingerprint density at radius 3 is 2.29 bits per heavy atom. The van der Waals surface area contributed by atoms with Gasteiger partial charge in [-0.2, -0.15) is 13.2 Å². The number of carbonyl (C=O) groups excluding carboxylic acids is 1. The number of alkyl halides is 3. The largest absolute Gasteiger partial charge is 0.451 e. The summed E-state index contributed by atoms with van der Waals surface area (Å²) >= 11 is 0. The van der Waals surface area contributed by atoms with E-state index in [1.165, 1.54) is 0 Å². The zero-order chi connectivity index (χ0) is 16.4. The van der Waals surface area contributed by atoms with Crippen LogP contribution in [0.2, 0.25) is 0 Å². The molecular formula is C12H19F3N4O2. The van der Waals surface area contributed by atoms with Crippen molar-refractivity contribution in [3.05, 3.63) is 16.3 Å². The Labute approximate surface area is 119 Å². The van der Waals surface area contributed by atoms with Gasteiger partial charge in [-0.1, -0.05) is 20.8 Å². The number of hydrogen-bond acceptors (Lipinski definition) is 3. The van der Waals surface area contributed by atoms with Gasteiger partial charge < -0.3 is 5.32 Å². The highest BCUT2D eigenvalue weighted by Gasteiger charge is 2.37. The molecule has 0 radical (unpaired) electrons. The number of halogens is 3. The number of rotatable bonds is 4. The Bertz CT molecular complexity index is 567. The molecule has 1 N–H and O–H groups in total. The molecule has 1 amide bonds. The summed E-state index contributed by atoms with van der Waals surface area (Å²) in [6, 6.07) is 0. The average molecular weight is 308 g/mol. The van der Waals surface area contributed by atoms with Crippen molar-refractivity contribution in [2.24, 2.45) is 12.5 Å². The molecule has 21 heavy (non-hydrogen) atoms. The van der Waals surface area contributed by atoms with E-state index in [4.69, 9.17) is 0 Å². The zero-order valence-electron chi connectivity index (χ0n) is 12.4. The Hall–Kier alpha value is -1.80. The minimum atomic E-state index is -4.69. The monoisotopic (exact) mass is 308 g/mol. The molecule has 0 aliphatic rings. The van der Waals surface area contributed by atoms with Gasteiger partial charge in [0.2, 0.25) is 11.7 Å². The van der Waals surface area contributed by atoms with E-state index in [1.807, 2.05) is 20.8 Å². The zero-order valence-corrected chi connectivity index (χ0v) is 12.4. The summed E-state index contributed by atoms with van der Waals surface area (Å²) in [6.07, 6.45) is -4.40. The van der Waals surface area contributed by atoms with Gasteiger partial charge in [0.05, 0.1) is 6.54 Å². The van der Waals surface area contributed by atoms with Crippen molar-refractivity contribution >= 4 is 5.91 Å². The maximum absolute atomic E-state index is 12.6. The first-order valence-corrected chi connectivity index (χ1v) is 6.39. The Balaban J connectivity index is 2.66. The summed E-state index contributed by atoms with van der Waals surface area (Å²) in [5, 5.41) is 5.80. The van der Waals surface area contributed by atoms with Crippen LogP contribution in [0.1, 0.15) is 33.0 Å². The fraction of sp³-hybridized carbons (Fsp3) is 0.750. The molecular weight excluding hydrogens is 289 g/mol. The van der Waals surface area contributed by atoms with Crippen LogP contribution in [0.4, 0.5) is 13.2 Å². The molecule has 0 spiro atoms. The van der Waals surface area contributed by atoms with Crippen molar-refractivity contribution in [2.75, 3.05) is 6.54 Å². The van der Waals surface area contributed by atoms with Crippen molar-refractivity contribution in [1.29, 1.82) is 0 Å². The van der Waals surface area contributed by atoms with Crippen LogP contribution in [0.3, 0.4) is 0 Å². The van der Waals surface area contributed by atoms with Gasteiger partial charge in [-0.05, 0) is 5.41 Å². The molecule has 0 aliphatic heterocycles. The molecule has 0 bridgehead atoms. The molecule has 0 saturated heterocycles. The molecule has 1 aromatic rings. The van der Waals surface area contributed by atoms with Crippen LogP contribution in [0, 0.1) is 5.41 Å². The van der Waals surface area contributed by atoms with Crippen LogP contribution in [0.5, 0.6) is 0 Å². The molecule has 1 rings (SSSR count). The maximum Gasteiger partial charge on any atom is 0.451 e. The smallest absolute Gasteiger partial charge is 0.354 e. The van der Waals surface area contributed by atoms with Crippen LogP contribution >= 0.6 is 0 Å². The predicted octanol–water partition coefficient (Wildman–Crippen LogP) is 1.15. The van der Waals surface area contributed by atoms with Gasteiger partial charge in [0.25, 0.3) is 0 Å². The van der Waals surface area contributed by atoms with Crippen LogP contribution in [-0.4, -0.2) is 26.8 Å². The van der Waals surface area contributed by atoms with E-state index in [1.54, 1.807) is 0 Å². The second kappa shape index (κ2) is 5.90. The third-order valence-corrected chi connectivity index (χ3v) is 2.63. The van der Waals surface area contributed by atoms with Gasteiger partial charge in [-0.15, -0.1) is 5.10 Å². The van der Waals surface area contributed by atoms with E-state index in [-0.39, 0.29) is 30.8 Å². The molecule has 0 aliphatic carbocycles. The summed E-state index contributed by atoms with van der Waals surface area (Å²) in [6.45, 7) is 5.62. The second-order valence-corrected chi connectivity index (χ2v) is 5.97. The standard InChI is InChI=1S/C12H19F3N4O2/c1-11(2,3)7-8(20)16-5-6-19-10(21)18(4)9(17-19)12(13,14)15/h5-7H2,1-4H3,(H,16,20). The maximum atomic E-state index is 12.6. The lowest BCUT2D eigenvalue weighted by Gasteiger charge is -2.17. The van der Waals surface area contributed by atoms with Crippen LogP contribution in [-0.2, 0) is 24.6 Å². The Morgan fingerprint density at radius 2 is 1.86 bits per heavy atom. The summed E-state index contributed by atoms with van der Waals surface area (Å²) < 4.78 is 38.9. The fourth-order valence-corrected chi connectivity index (χ4v) is 1.73. The van der Waals surface area contributed by atoms with E-state index in [0.29, 0.717) is 9.25 Å². The summed E-state index contributed by atoms with van der Waals surface area (Å²) in [5.41, 5.74) is -1.05. The Morgan fingerprint density at radius 1 is 1.29 bits per heavy atom. The minimum Gasteiger partial charge on any atom is -0.354 e. The molecule has 9 heteroatoms. The van der Waals surface area contributed by atoms with Crippen LogP contribution < -0.4 is 11.0 Å². The first-order valence-electron chi connectivity index (χ1n) is 6.39. The molecule has 1 aromatic heterocycles. The topological polar surface area (TPSA) is 68.9 Å². The number of hydrogen-bond donors (Lipinski definition) is 1. The summed E-state index contributed by atoms with van der Waals surface area (Å²) in [4.78, 5) is 23.2. The lowest BCUT2D eigenvalue weighted by Crippen LogP contribution is -2.33. The first-order chi connectivity index (χ1) is 9.42. The highest BCUT2D eigenvalue weighted by Crippen LogP contribution is 2.25. The van der Waals surface area contributed by atoms with Crippen molar-refractivity contribution in [3.63, 3.8) is 0 Å². The lowest BCUT2D eigenvalue weighted by atomic mass is 9.92. The number of aromatic nitrogens is 3. The van der Waals surface area contributed by atoms with Gasteiger partial charge in [-0.3, -0.25) is 9.36 Å². The number of amides is 1. The van der Waals surface area contributed by atoms with Crippen LogP contribution in [0.25, 0.3) is 0 Å². The SMILES string of the molecule is Cn1c(C(F)(F)F)nn(CCNC(=O)CC(C)(C)C)c1=O. The predicted molar refractivity (Wildman–Crippen MR) is 69.6 cm³/mol. The molecule has 1 heterocycles. The lowest BCUT2D eigenvalue weighted by molar-refractivity contribution is -0.147. The molecule has 0 aromatic carbocycles. The highest BCUT2D eigenvalue weighted by atomic mass is 19.4. The first kappa shape index (κ1) is 17.3. The fourth-order valence-electron chi connectivity index (χ4n) is 1.73. The quantitative estimate of drug-likeness (QED) is 0.907. The van der Waals surface area contributed by atoms with E-state index in [2.05, 4.69) is 10.4 Å². The second-order valence-electron chi connectivity index (χ2n) is 5.97. The summed E-state index contributed by atoms with van der Waals surface area (Å²) in [7, 11) is 1.01. The van der Waals surface area contributed by atoms with Crippen molar-refractivity contribution in [1.82, 2.24) is 19.7 Å². The Kier molecular flexibility index (Phi) is 4.85. The molecule has 0 atom stereocenters. The number of carbonyl (C=O) groups is 1. The molecule has 0 fully saturated rings. The van der Waals surface area contributed by atoms with Crippen molar-refractivity contribution in [2.45, 2.75) is 39.9 Å². The van der Waals surface area contributed by atoms with Crippen molar-refractivity contribution in [3.8, 4) is 0 Å². The number of nitrogens with one attached hydrogen (secondary N) is 1. The van der Waals surface area contributed by atoms with E-state index in [9.17, 15) is 22.8 Å². The van der Waals surface area contributed by atoms with Gasteiger partial charge in [0.1, 0.15) is 0 Å². The molecule has 0 saturated carbocycles. The van der Waals surface area contributed by atoms with Crippen LogP contribution in [0.15, 0.2) is 4.79 Å². The highest BCUT2D eigenvalue weighted by molar-refractivity contribution is 5.76.